The van der Waals surface area contributed by atoms with Gasteiger partial charge in [0.05, 0.1) is 0 Å². The summed E-state index contributed by atoms with van der Waals surface area (Å²) in [5.41, 5.74) is 3.49. The third-order valence-corrected chi connectivity index (χ3v) is 7.17. The van der Waals surface area contributed by atoms with Crippen LogP contribution >= 0.6 is 39.3 Å². The number of Topliss-reactive ketones (excluding diaryl/α,β-unsaturated/α-hetero) is 1. The van der Waals surface area contributed by atoms with E-state index in [0.29, 0.717) is 28.3 Å². The summed E-state index contributed by atoms with van der Waals surface area (Å²) < 4.78 is 16.1. The minimum absolute atomic E-state index is 0.148. The third kappa shape index (κ3) is 4.04. The first-order valence-corrected chi connectivity index (χ1v) is 12.0. The van der Waals surface area contributed by atoms with Crippen molar-refractivity contribution in [1.29, 1.82) is 0 Å². The summed E-state index contributed by atoms with van der Waals surface area (Å²) in [6, 6.07) is 12.0. The number of nitrogens with zero attached hydrogens (tertiary/aromatic N) is 3. The Labute approximate surface area is 196 Å². The Morgan fingerprint density at radius 3 is 2.81 bits per heavy atom. The molecule has 0 saturated carbocycles. The maximum atomic E-state index is 13.3. The van der Waals surface area contributed by atoms with Gasteiger partial charge in [-0.15, -0.1) is 5.10 Å². The van der Waals surface area contributed by atoms with Crippen LogP contribution in [-0.4, -0.2) is 20.5 Å². The predicted molar refractivity (Wildman–Crippen MR) is 123 cm³/mol. The van der Waals surface area contributed by atoms with Crippen molar-refractivity contribution in [1.82, 2.24) is 14.8 Å². The van der Waals surface area contributed by atoms with Gasteiger partial charge in [0.2, 0.25) is 11.1 Å². The van der Waals surface area contributed by atoms with Crippen LogP contribution in [0.5, 0.6) is 0 Å². The molecule has 0 bridgehead atoms. The molecule has 0 fully saturated rings. The molecule has 0 unspecified atom stereocenters. The summed E-state index contributed by atoms with van der Waals surface area (Å²) in [6.45, 7) is 0. The van der Waals surface area contributed by atoms with Gasteiger partial charge in [0.25, 0.3) is 0 Å². The van der Waals surface area contributed by atoms with Crippen LogP contribution < -0.4 is 5.32 Å². The van der Waals surface area contributed by atoms with Gasteiger partial charge in [0.15, 0.2) is 5.78 Å². The van der Waals surface area contributed by atoms with E-state index in [1.165, 1.54) is 23.9 Å². The zero-order chi connectivity index (χ0) is 21.5. The molecule has 1 N–H and O–H groups in total. The number of anilines is 1. The van der Waals surface area contributed by atoms with E-state index >= 15 is 0 Å². The van der Waals surface area contributed by atoms with E-state index in [-0.39, 0.29) is 17.6 Å². The highest BCUT2D eigenvalue weighted by Gasteiger charge is 2.36. The van der Waals surface area contributed by atoms with E-state index in [4.69, 9.17) is 16.7 Å². The fourth-order valence-corrected chi connectivity index (χ4v) is 5.34. The van der Waals surface area contributed by atoms with Gasteiger partial charge in [0.1, 0.15) is 11.9 Å². The van der Waals surface area contributed by atoms with E-state index in [0.717, 1.165) is 39.7 Å². The Kier molecular flexibility index (Phi) is 5.62. The van der Waals surface area contributed by atoms with Crippen LogP contribution in [0.3, 0.4) is 0 Å². The van der Waals surface area contributed by atoms with E-state index in [9.17, 15) is 9.18 Å². The molecule has 2 heterocycles. The van der Waals surface area contributed by atoms with E-state index in [2.05, 4.69) is 26.2 Å². The first-order chi connectivity index (χ1) is 15.0. The molecule has 1 aliphatic heterocycles. The smallest absolute Gasteiger partial charge is 0.227 e. The molecule has 1 aromatic heterocycles. The Morgan fingerprint density at radius 1 is 1.23 bits per heavy atom. The molecule has 2 aromatic carbocycles. The largest absolute Gasteiger partial charge is 0.328 e. The second-order valence-electron chi connectivity index (χ2n) is 7.44. The van der Waals surface area contributed by atoms with Gasteiger partial charge < -0.3 is 5.32 Å². The summed E-state index contributed by atoms with van der Waals surface area (Å²) >= 11 is 11.0. The zero-order valence-electron chi connectivity index (χ0n) is 16.2. The Morgan fingerprint density at radius 2 is 2.03 bits per heavy atom. The van der Waals surface area contributed by atoms with Crippen LogP contribution in [0.2, 0.25) is 5.02 Å². The summed E-state index contributed by atoms with van der Waals surface area (Å²) in [5.74, 6) is 0.916. The molecule has 0 amide bonds. The second kappa shape index (κ2) is 8.41. The number of ketones is 1. The van der Waals surface area contributed by atoms with Crippen molar-refractivity contribution >= 4 is 51.0 Å². The van der Waals surface area contributed by atoms with Gasteiger partial charge in [-0.1, -0.05) is 57.5 Å². The maximum absolute atomic E-state index is 13.3. The van der Waals surface area contributed by atoms with Crippen molar-refractivity contribution in [3.8, 4) is 0 Å². The van der Waals surface area contributed by atoms with Crippen LogP contribution in [0.25, 0.3) is 0 Å². The highest BCUT2D eigenvalue weighted by Crippen LogP contribution is 2.41. The number of carbonyl (C=O) groups excluding carboxylic acids is 1. The van der Waals surface area contributed by atoms with Gasteiger partial charge in [-0.25, -0.2) is 9.07 Å². The second-order valence-corrected chi connectivity index (χ2v) is 9.70. The van der Waals surface area contributed by atoms with Crippen molar-refractivity contribution in [3.05, 3.63) is 80.2 Å². The summed E-state index contributed by atoms with van der Waals surface area (Å²) in [5, 5.41) is 8.98. The fourth-order valence-electron chi connectivity index (χ4n) is 3.93. The lowest BCUT2D eigenvalue weighted by atomic mass is 9.85. The van der Waals surface area contributed by atoms with Crippen molar-refractivity contribution in [2.45, 2.75) is 36.2 Å². The number of fused-ring (bicyclic) bond motifs is 1. The number of thioether (sulfide) groups is 1. The Balaban J connectivity index is 1.49. The topological polar surface area (TPSA) is 59.8 Å². The lowest BCUT2D eigenvalue weighted by Crippen LogP contribution is -2.31. The molecule has 5 rings (SSSR count). The molecule has 158 valence electrons. The van der Waals surface area contributed by atoms with Crippen molar-refractivity contribution in [2.24, 2.45) is 0 Å². The number of aromatic nitrogens is 3. The molecule has 0 saturated heterocycles. The molecule has 1 aliphatic carbocycles. The number of hydrogen-bond acceptors (Lipinski definition) is 5. The number of benzene rings is 2. The molecule has 5 nitrogen and oxygen atoms in total. The van der Waals surface area contributed by atoms with Crippen LogP contribution in [0.15, 0.2) is 63.4 Å². The van der Waals surface area contributed by atoms with Crippen LogP contribution in [0, 0.1) is 5.82 Å². The van der Waals surface area contributed by atoms with Crippen molar-refractivity contribution in [3.63, 3.8) is 0 Å². The average molecular weight is 520 g/mol. The standard InChI is InChI=1S/C22H17BrClFN4OS/c23-14-7-4-12(5-8-14)20-19-17(2-1-3-18(19)30)26-21-27-22(28-29(20)21)31-11-13-6-9-15(25)10-16(13)24/h4-10,20H,1-3,11H2,(H,26,27,28)/t20-/m0/s1. The average Bonchev–Trinajstić information content (AvgIpc) is 3.15. The lowest BCUT2D eigenvalue weighted by molar-refractivity contribution is -0.116. The first-order valence-electron chi connectivity index (χ1n) is 9.81. The summed E-state index contributed by atoms with van der Waals surface area (Å²) in [6.07, 6.45) is 2.19. The van der Waals surface area contributed by atoms with Gasteiger partial charge in [-0.05, 0) is 48.2 Å². The van der Waals surface area contributed by atoms with Crippen molar-refractivity contribution < 1.29 is 9.18 Å². The quantitative estimate of drug-likeness (QED) is 0.419. The maximum Gasteiger partial charge on any atom is 0.227 e. The highest BCUT2D eigenvalue weighted by atomic mass is 79.9. The molecule has 31 heavy (non-hydrogen) atoms. The third-order valence-electron chi connectivity index (χ3n) is 5.41. The molecule has 2 aliphatic rings. The number of allylic oxidation sites excluding steroid dienone is 2. The molecule has 9 heteroatoms. The molecule has 1 atom stereocenters. The van der Waals surface area contributed by atoms with Crippen molar-refractivity contribution in [2.75, 3.05) is 5.32 Å². The van der Waals surface area contributed by atoms with Gasteiger partial charge >= 0.3 is 0 Å². The number of nitrogens with one attached hydrogen (secondary N) is 1. The fraction of sp³-hybridized carbons (Fsp3) is 0.227. The molecule has 3 aromatic rings. The zero-order valence-corrected chi connectivity index (χ0v) is 19.4. The number of rotatable bonds is 4. The molecular weight excluding hydrogens is 503 g/mol. The molecule has 0 radical (unpaired) electrons. The summed E-state index contributed by atoms with van der Waals surface area (Å²) in [4.78, 5) is 17.5. The van der Waals surface area contributed by atoms with Crippen LogP contribution in [0.1, 0.15) is 36.4 Å². The molecular formula is C22H17BrClFN4OS. The van der Waals surface area contributed by atoms with Gasteiger partial charge in [-0.3, -0.25) is 4.79 Å². The SMILES string of the molecule is O=C1CCCC2=C1[C@H](c1ccc(Br)cc1)n1nc(SCc3ccc(F)cc3Cl)nc1N2. The highest BCUT2D eigenvalue weighted by molar-refractivity contribution is 9.10. The van der Waals surface area contributed by atoms with Crippen LogP contribution in [-0.2, 0) is 10.5 Å². The number of hydrogen-bond donors (Lipinski definition) is 1. The Hall–Kier alpha value is -2.16. The van der Waals surface area contributed by atoms with E-state index < -0.39 is 0 Å². The minimum Gasteiger partial charge on any atom is -0.328 e. The summed E-state index contributed by atoms with van der Waals surface area (Å²) in [7, 11) is 0. The lowest BCUT2D eigenvalue weighted by Gasteiger charge is -2.32. The normalized spacial score (nSPS) is 17.9. The Bertz CT molecular complexity index is 1210. The number of carbonyl (C=O) groups is 1. The van der Waals surface area contributed by atoms with E-state index in [1.54, 1.807) is 10.7 Å². The van der Waals surface area contributed by atoms with Gasteiger partial charge in [0, 0.05) is 32.9 Å². The monoisotopic (exact) mass is 518 g/mol. The van der Waals surface area contributed by atoms with Crippen LogP contribution in [0.4, 0.5) is 10.3 Å². The van der Waals surface area contributed by atoms with Gasteiger partial charge in [-0.2, -0.15) is 4.98 Å². The number of halogens is 3. The minimum atomic E-state index is -0.364. The predicted octanol–water partition coefficient (Wildman–Crippen LogP) is 6.15. The molecule has 0 spiro atoms. The first kappa shape index (κ1) is 20.7. The van der Waals surface area contributed by atoms with E-state index in [1.807, 2.05) is 24.3 Å².